The molecule has 1 aromatic carbocycles. The number of halogens is 1. The smallest absolute Gasteiger partial charge is 0.0679 e. The van der Waals surface area contributed by atoms with E-state index in [1.54, 1.807) is 0 Å². The van der Waals surface area contributed by atoms with Gasteiger partial charge in [-0.15, -0.1) is 12.4 Å². The Morgan fingerprint density at radius 2 is 2.00 bits per heavy atom. The van der Waals surface area contributed by atoms with Gasteiger partial charge in [-0.05, 0) is 18.4 Å². The fraction of sp³-hybridized carbons (Fsp3) is 0.455. The molecule has 0 radical (unpaired) electrons. The molecule has 2 rings (SSSR count). The summed E-state index contributed by atoms with van der Waals surface area (Å²) in [6, 6.07) is 10.9. The van der Waals surface area contributed by atoms with Crippen LogP contribution in [0.3, 0.4) is 0 Å². The lowest BCUT2D eigenvalue weighted by atomic mass is 10.0. The van der Waals surface area contributed by atoms with Crippen LogP contribution in [0.4, 0.5) is 0 Å². The van der Waals surface area contributed by atoms with Crippen LogP contribution in [0.15, 0.2) is 30.3 Å². The van der Waals surface area contributed by atoms with E-state index in [-0.39, 0.29) is 18.5 Å². The van der Waals surface area contributed by atoms with Crippen molar-refractivity contribution in [3.8, 4) is 0 Å². The number of hydrogen-bond acceptors (Lipinski definition) is 2. The molecular formula is C11H16ClNO. The molecular weight excluding hydrogens is 198 g/mol. The summed E-state index contributed by atoms with van der Waals surface area (Å²) in [7, 11) is 0. The van der Waals surface area contributed by atoms with Gasteiger partial charge in [-0.25, -0.2) is 0 Å². The molecule has 0 aliphatic carbocycles. The average Bonchev–Trinajstić information content (AvgIpc) is 2.53. The fourth-order valence-corrected chi connectivity index (χ4v) is 1.85. The first kappa shape index (κ1) is 11.5. The van der Waals surface area contributed by atoms with Gasteiger partial charge in [0.05, 0.1) is 6.10 Å². The van der Waals surface area contributed by atoms with Crippen molar-refractivity contribution in [3.05, 3.63) is 35.9 Å². The molecule has 78 valence electrons. The highest BCUT2D eigenvalue weighted by Gasteiger charge is 2.21. The van der Waals surface area contributed by atoms with Crippen LogP contribution in [-0.4, -0.2) is 23.8 Å². The molecule has 0 saturated carbocycles. The fourth-order valence-electron chi connectivity index (χ4n) is 1.85. The predicted molar refractivity (Wildman–Crippen MR) is 59.8 cm³/mol. The van der Waals surface area contributed by atoms with Gasteiger partial charge in [0.15, 0.2) is 0 Å². The Labute approximate surface area is 90.7 Å². The summed E-state index contributed by atoms with van der Waals surface area (Å²) in [4.78, 5) is 0. The maximum absolute atomic E-state index is 9.32. The molecule has 1 saturated heterocycles. The molecule has 3 heteroatoms. The largest absolute Gasteiger partial charge is 0.392 e. The topological polar surface area (TPSA) is 32.3 Å². The van der Waals surface area contributed by atoms with Gasteiger partial charge in [0, 0.05) is 12.6 Å². The van der Waals surface area contributed by atoms with Crippen molar-refractivity contribution in [3.63, 3.8) is 0 Å². The number of benzene rings is 1. The number of hydrogen-bond donors (Lipinski definition) is 2. The number of nitrogens with one attached hydrogen (secondary N) is 1. The minimum atomic E-state index is -0.145. The molecule has 1 aliphatic heterocycles. The van der Waals surface area contributed by atoms with E-state index in [0.717, 1.165) is 19.4 Å². The molecule has 1 aliphatic rings. The quantitative estimate of drug-likeness (QED) is 0.778. The van der Waals surface area contributed by atoms with Gasteiger partial charge < -0.3 is 10.4 Å². The summed E-state index contributed by atoms with van der Waals surface area (Å²) < 4.78 is 0. The molecule has 1 heterocycles. The van der Waals surface area contributed by atoms with Gasteiger partial charge in [-0.2, -0.15) is 0 Å². The Morgan fingerprint density at radius 1 is 1.29 bits per heavy atom. The van der Waals surface area contributed by atoms with E-state index in [1.807, 2.05) is 6.07 Å². The maximum Gasteiger partial charge on any atom is 0.0679 e. The summed E-state index contributed by atoms with van der Waals surface area (Å²) in [6.07, 6.45) is 1.76. The minimum Gasteiger partial charge on any atom is -0.392 e. The van der Waals surface area contributed by atoms with Crippen molar-refractivity contribution < 1.29 is 5.11 Å². The Hall–Kier alpha value is -0.570. The Morgan fingerprint density at radius 3 is 2.57 bits per heavy atom. The zero-order valence-corrected chi connectivity index (χ0v) is 8.83. The van der Waals surface area contributed by atoms with Crippen LogP contribution in [-0.2, 0) is 6.42 Å². The third kappa shape index (κ3) is 2.98. The van der Waals surface area contributed by atoms with Gasteiger partial charge in [0.25, 0.3) is 0 Å². The normalized spacial score (nSPS) is 25.8. The first-order valence-electron chi connectivity index (χ1n) is 4.80. The molecule has 2 unspecified atom stereocenters. The molecule has 0 aromatic heterocycles. The second-order valence-electron chi connectivity index (χ2n) is 3.68. The van der Waals surface area contributed by atoms with E-state index in [2.05, 4.69) is 29.6 Å². The van der Waals surface area contributed by atoms with Crippen molar-refractivity contribution in [2.24, 2.45) is 0 Å². The van der Waals surface area contributed by atoms with Gasteiger partial charge >= 0.3 is 0 Å². The zero-order valence-electron chi connectivity index (χ0n) is 8.02. The van der Waals surface area contributed by atoms with E-state index in [9.17, 15) is 5.11 Å². The lowest BCUT2D eigenvalue weighted by Gasteiger charge is -2.09. The van der Waals surface area contributed by atoms with Crippen molar-refractivity contribution in [1.82, 2.24) is 5.32 Å². The third-order valence-electron chi connectivity index (χ3n) is 2.52. The van der Waals surface area contributed by atoms with Gasteiger partial charge in [-0.1, -0.05) is 30.3 Å². The summed E-state index contributed by atoms with van der Waals surface area (Å²) >= 11 is 0. The summed E-state index contributed by atoms with van der Waals surface area (Å²) in [5.74, 6) is 0. The Bertz CT molecular complexity index is 265. The molecule has 0 bridgehead atoms. The van der Waals surface area contributed by atoms with E-state index in [1.165, 1.54) is 5.56 Å². The van der Waals surface area contributed by atoms with Crippen LogP contribution in [0.25, 0.3) is 0 Å². The average molecular weight is 214 g/mol. The van der Waals surface area contributed by atoms with Crippen molar-refractivity contribution >= 4 is 12.4 Å². The second-order valence-corrected chi connectivity index (χ2v) is 3.68. The van der Waals surface area contributed by atoms with Crippen molar-refractivity contribution in [1.29, 1.82) is 0 Å². The minimum absolute atomic E-state index is 0. The SMILES string of the molecule is Cl.OC1CNC(Cc2ccccc2)C1. The highest BCUT2D eigenvalue weighted by Crippen LogP contribution is 2.12. The Balaban J connectivity index is 0.000000980. The van der Waals surface area contributed by atoms with Crippen LogP contribution >= 0.6 is 12.4 Å². The zero-order chi connectivity index (χ0) is 9.10. The molecule has 2 N–H and O–H groups in total. The highest BCUT2D eigenvalue weighted by molar-refractivity contribution is 5.85. The van der Waals surface area contributed by atoms with Gasteiger partial charge in [0.1, 0.15) is 0 Å². The van der Waals surface area contributed by atoms with E-state index < -0.39 is 0 Å². The van der Waals surface area contributed by atoms with Crippen LogP contribution in [0.2, 0.25) is 0 Å². The number of aliphatic hydroxyl groups excluding tert-OH is 1. The summed E-state index contributed by atoms with van der Waals surface area (Å²) in [5, 5.41) is 12.6. The van der Waals surface area contributed by atoms with Gasteiger partial charge in [-0.3, -0.25) is 0 Å². The first-order valence-corrected chi connectivity index (χ1v) is 4.80. The molecule has 1 aromatic rings. The number of aliphatic hydroxyl groups is 1. The van der Waals surface area contributed by atoms with E-state index in [0.29, 0.717) is 6.04 Å². The standard InChI is InChI=1S/C11H15NO.ClH/c13-11-7-10(12-8-11)6-9-4-2-1-3-5-9;/h1-5,10-13H,6-8H2;1H. The van der Waals surface area contributed by atoms with Crippen molar-refractivity contribution in [2.45, 2.75) is 25.0 Å². The maximum atomic E-state index is 9.32. The molecule has 0 amide bonds. The van der Waals surface area contributed by atoms with E-state index >= 15 is 0 Å². The second kappa shape index (κ2) is 5.35. The lowest BCUT2D eigenvalue weighted by molar-refractivity contribution is 0.193. The Kier molecular flexibility index (Phi) is 4.39. The third-order valence-corrected chi connectivity index (χ3v) is 2.52. The summed E-state index contributed by atoms with van der Waals surface area (Å²) in [5.41, 5.74) is 1.34. The van der Waals surface area contributed by atoms with Crippen LogP contribution in [0, 0.1) is 0 Å². The van der Waals surface area contributed by atoms with Crippen molar-refractivity contribution in [2.75, 3.05) is 6.54 Å². The molecule has 1 fully saturated rings. The lowest BCUT2D eigenvalue weighted by Crippen LogP contribution is -2.23. The van der Waals surface area contributed by atoms with Crippen LogP contribution < -0.4 is 5.32 Å². The number of β-amino-alcohol motifs (C(OH)–C–C–N with tert-alkyl or cyclic N) is 1. The molecule has 14 heavy (non-hydrogen) atoms. The van der Waals surface area contributed by atoms with Crippen LogP contribution in [0.5, 0.6) is 0 Å². The summed E-state index contributed by atoms with van der Waals surface area (Å²) in [6.45, 7) is 0.748. The first-order chi connectivity index (χ1) is 6.34. The molecule has 0 spiro atoms. The monoisotopic (exact) mass is 213 g/mol. The molecule has 2 nitrogen and oxygen atoms in total. The highest BCUT2D eigenvalue weighted by atomic mass is 35.5. The van der Waals surface area contributed by atoms with Gasteiger partial charge in [0.2, 0.25) is 0 Å². The van der Waals surface area contributed by atoms with Crippen LogP contribution in [0.1, 0.15) is 12.0 Å². The predicted octanol–water partition coefficient (Wildman–Crippen LogP) is 1.37. The molecule has 2 atom stereocenters. The number of rotatable bonds is 2. The van der Waals surface area contributed by atoms with E-state index in [4.69, 9.17) is 0 Å².